The Labute approximate surface area is 217 Å². The molecule has 2 aliphatic rings. The number of H-pyrrole nitrogens is 1. The Morgan fingerprint density at radius 1 is 1.11 bits per heavy atom. The van der Waals surface area contributed by atoms with Gasteiger partial charge in [0.15, 0.2) is 5.52 Å². The van der Waals surface area contributed by atoms with E-state index in [1.165, 1.54) is 23.6 Å². The lowest BCUT2D eigenvalue weighted by Crippen LogP contribution is -2.47. The lowest BCUT2D eigenvalue weighted by atomic mass is 9.85. The summed E-state index contributed by atoms with van der Waals surface area (Å²) in [5.74, 6) is 1.35. The molecule has 1 N–H and O–H groups in total. The Hall–Kier alpha value is -2.76. The van der Waals surface area contributed by atoms with Gasteiger partial charge in [-0.05, 0) is 57.4 Å². The zero-order valence-corrected chi connectivity index (χ0v) is 22.7. The summed E-state index contributed by atoms with van der Waals surface area (Å²) in [6.07, 6.45) is 5.27. The average Bonchev–Trinajstić information content (AvgIpc) is 3.20. The predicted octanol–water partition coefficient (Wildman–Crippen LogP) is 2.87. The molecule has 2 aromatic heterocycles. The summed E-state index contributed by atoms with van der Waals surface area (Å²) in [7, 11) is -1.72. The maximum absolute atomic E-state index is 13.5. The molecule has 1 aliphatic carbocycles. The quantitative estimate of drug-likeness (QED) is 0.454. The van der Waals surface area contributed by atoms with E-state index in [1.807, 2.05) is 18.7 Å². The van der Waals surface area contributed by atoms with Crippen molar-refractivity contribution < 1.29 is 13.2 Å². The second kappa shape index (κ2) is 10.5. The van der Waals surface area contributed by atoms with Crippen LogP contribution in [0.25, 0.3) is 22.4 Å². The summed E-state index contributed by atoms with van der Waals surface area (Å²) < 4.78 is 36.2. The molecule has 200 valence electrons. The van der Waals surface area contributed by atoms with Gasteiger partial charge in [-0.1, -0.05) is 19.8 Å². The van der Waals surface area contributed by atoms with Gasteiger partial charge in [0.2, 0.25) is 10.0 Å². The highest BCUT2D eigenvalue weighted by Gasteiger charge is 2.29. The van der Waals surface area contributed by atoms with Crippen molar-refractivity contribution in [2.45, 2.75) is 57.4 Å². The first-order chi connectivity index (χ1) is 17.8. The Balaban J connectivity index is 1.60. The number of hydrogen-bond donors (Lipinski definition) is 1. The Morgan fingerprint density at radius 3 is 2.51 bits per heavy atom. The number of benzene rings is 1. The van der Waals surface area contributed by atoms with Gasteiger partial charge in [-0.15, -0.1) is 0 Å². The molecule has 0 unspecified atom stereocenters. The van der Waals surface area contributed by atoms with Crippen molar-refractivity contribution in [2.75, 3.05) is 39.8 Å². The van der Waals surface area contributed by atoms with E-state index >= 15 is 0 Å². The van der Waals surface area contributed by atoms with Crippen LogP contribution in [0.4, 0.5) is 0 Å². The van der Waals surface area contributed by atoms with Crippen LogP contribution in [0.15, 0.2) is 27.9 Å². The number of ether oxygens (including phenoxy) is 1. The number of aryl methyl sites for hydroxylation is 1. The molecule has 0 radical (unpaired) electrons. The van der Waals surface area contributed by atoms with E-state index in [0.29, 0.717) is 61.1 Å². The average molecular weight is 529 g/mol. The van der Waals surface area contributed by atoms with Crippen molar-refractivity contribution in [3.8, 4) is 17.1 Å². The van der Waals surface area contributed by atoms with Crippen LogP contribution in [0, 0.1) is 5.92 Å². The third-order valence-electron chi connectivity index (χ3n) is 7.45. The van der Waals surface area contributed by atoms with Gasteiger partial charge in [-0.3, -0.25) is 9.48 Å². The van der Waals surface area contributed by atoms with Gasteiger partial charge in [-0.25, -0.2) is 13.4 Å². The zero-order chi connectivity index (χ0) is 26.2. The van der Waals surface area contributed by atoms with Crippen molar-refractivity contribution in [1.29, 1.82) is 0 Å². The van der Waals surface area contributed by atoms with Crippen molar-refractivity contribution in [3.05, 3.63) is 34.2 Å². The molecule has 1 aromatic carbocycles. The summed E-state index contributed by atoms with van der Waals surface area (Å²) in [6.45, 7) is 7.38. The molecule has 0 atom stereocenters. The maximum atomic E-state index is 13.5. The highest BCUT2D eigenvalue weighted by Crippen LogP contribution is 2.33. The Morgan fingerprint density at radius 2 is 1.86 bits per heavy atom. The third kappa shape index (κ3) is 5.04. The third-order valence-corrected chi connectivity index (χ3v) is 9.34. The fraction of sp³-hybridized carbons (Fsp3) is 0.577. The van der Waals surface area contributed by atoms with Crippen molar-refractivity contribution in [3.63, 3.8) is 0 Å². The van der Waals surface area contributed by atoms with Crippen LogP contribution in [-0.4, -0.2) is 77.2 Å². The first-order valence-electron chi connectivity index (χ1n) is 13.3. The number of sulfonamides is 1. The van der Waals surface area contributed by atoms with Gasteiger partial charge in [0.1, 0.15) is 17.1 Å². The van der Waals surface area contributed by atoms with E-state index in [0.717, 1.165) is 25.1 Å². The molecule has 2 fully saturated rings. The van der Waals surface area contributed by atoms with Gasteiger partial charge in [0, 0.05) is 32.7 Å². The van der Waals surface area contributed by atoms with Gasteiger partial charge in [0.05, 0.1) is 22.8 Å². The number of nitrogens with one attached hydrogen (secondary N) is 1. The van der Waals surface area contributed by atoms with E-state index < -0.39 is 10.0 Å². The van der Waals surface area contributed by atoms with E-state index in [-0.39, 0.29) is 16.3 Å². The molecule has 1 saturated carbocycles. The van der Waals surface area contributed by atoms with E-state index in [4.69, 9.17) is 9.72 Å². The minimum Gasteiger partial charge on any atom is -0.493 e. The Bertz CT molecular complexity index is 1440. The molecule has 5 rings (SSSR count). The van der Waals surface area contributed by atoms with E-state index in [9.17, 15) is 13.2 Å². The number of aromatic amines is 1. The highest BCUT2D eigenvalue weighted by molar-refractivity contribution is 7.89. The lowest BCUT2D eigenvalue weighted by molar-refractivity contribution is 0.222. The van der Waals surface area contributed by atoms with Gasteiger partial charge in [-0.2, -0.15) is 9.40 Å². The van der Waals surface area contributed by atoms with E-state index in [2.05, 4.69) is 21.9 Å². The summed E-state index contributed by atoms with van der Waals surface area (Å²) in [4.78, 5) is 23.2. The summed E-state index contributed by atoms with van der Waals surface area (Å²) in [6, 6.07) is 4.79. The minimum absolute atomic E-state index is 0.160. The molecule has 37 heavy (non-hydrogen) atoms. The zero-order valence-electron chi connectivity index (χ0n) is 21.9. The Kier molecular flexibility index (Phi) is 7.37. The molecule has 11 heteroatoms. The monoisotopic (exact) mass is 528 g/mol. The number of fused-ring (bicyclic) bond motifs is 1. The van der Waals surface area contributed by atoms with Crippen LogP contribution in [-0.2, 0) is 23.0 Å². The molecule has 1 aliphatic heterocycles. The molecule has 3 heterocycles. The number of aromatic nitrogens is 4. The van der Waals surface area contributed by atoms with Gasteiger partial charge < -0.3 is 14.6 Å². The van der Waals surface area contributed by atoms with Gasteiger partial charge >= 0.3 is 0 Å². The van der Waals surface area contributed by atoms with Crippen LogP contribution < -0.4 is 10.3 Å². The molecular formula is C26H36N6O4S. The van der Waals surface area contributed by atoms with Crippen LogP contribution in [0.5, 0.6) is 5.75 Å². The number of likely N-dealkylation sites (N-methyl/N-ethyl adjacent to an activating group) is 1. The first-order valence-corrected chi connectivity index (χ1v) is 14.7. The lowest BCUT2D eigenvalue weighted by Gasteiger charge is -2.31. The first kappa shape index (κ1) is 25.9. The fourth-order valence-electron chi connectivity index (χ4n) is 5.06. The van der Waals surface area contributed by atoms with Crippen molar-refractivity contribution in [2.24, 2.45) is 5.92 Å². The van der Waals surface area contributed by atoms with Crippen LogP contribution >= 0.6 is 0 Å². The number of nitrogens with zero attached hydrogens (tertiary/aromatic N) is 5. The smallest absolute Gasteiger partial charge is 0.279 e. The van der Waals surface area contributed by atoms with Crippen LogP contribution in [0.2, 0.25) is 0 Å². The SMILES string of the molecule is CCCc1c2nc(-c3cc(S(=O)(=O)N4CCN(C)CC4)ccc3OCC)[nH]c(=O)c2nn1CC1CCC1. The molecule has 0 spiro atoms. The second-order valence-electron chi connectivity index (χ2n) is 10.1. The molecule has 3 aromatic rings. The molecule has 0 amide bonds. The highest BCUT2D eigenvalue weighted by atomic mass is 32.2. The summed E-state index contributed by atoms with van der Waals surface area (Å²) in [5.41, 5.74) is 1.97. The molecule has 0 bridgehead atoms. The minimum atomic E-state index is -3.71. The number of piperazine rings is 1. The fourth-order valence-corrected chi connectivity index (χ4v) is 6.51. The number of hydrogen-bond acceptors (Lipinski definition) is 7. The molecule has 10 nitrogen and oxygen atoms in total. The largest absolute Gasteiger partial charge is 0.493 e. The van der Waals surface area contributed by atoms with Crippen molar-refractivity contribution >= 4 is 21.1 Å². The van der Waals surface area contributed by atoms with Crippen molar-refractivity contribution in [1.82, 2.24) is 29.0 Å². The van der Waals surface area contributed by atoms with Crippen LogP contribution in [0.3, 0.4) is 0 Å². The van der Waals surface area contributed by atoms with E-state index in [1.54, 1.807) is 18.2 Å². The topological polar surface area (TPSA) is 113 Å². The van der Waals surface area contributed by atoms with Crippen LogP contribution in [0.1, 0.15) is 45.2 Å². The molecular weight excluding hydrogens is 492 g/mol. The second-order valence-corrected chi connectivity index (χ2v) is 12.0. The normalized spacial score (nSPS) is 17.8. The summed E-state index contributed by atoms with van der Waals surface area (Å²) in [5, 5.41) is 4.64. The standard InChI is InChI=1S/C26H36N6O4S/c1-4-7-21-23-24(29-32(21)17-18-8-6-9-18)26(33)28-25(27-23)20-16-19(10-11-22(20)36-5-2)37(34,35)31-14-12-30(3)13-15-31/h10-11,16,18H,4-9,12-15,17H2,1-3H3,(H,27,28,33). The number of rotatable bonds is 9. The summed E-state index contributed by atoms with van der Waals surface area (Å²) >= 11 is 0. The predicted molar refractivity (Wildman–Crippen MR) is 142 cm³/mol. The maximum Gasteiger partial charge on any atom is 0.279 e. The molecule has 1 saturated heterocycles. The van der Waals surface area contributed by atoms with Gasteiger partial charge in [0.25, 0.3) is 5.56 Å².